The van der Waals surface area contributed by atoms with E-state index in [4.69, 9.17) is 0 Å². The lowest BCUT2D eigenvalue weighted by Crippen LogP contribution is -2.15. The molecule has 12 rings (SSSR count). The summed E-state index contributed by atoms with van der Waals surface area (Å²) in [5, 5.41) is 6.27. The zero-order chi connectivity index (χ0) is 53.5. The van der Waals surface area contributed by atoms with Gasteiger partial charge in [-0.25, -0.2) is 0 Å². The molecule has 1 heterocycles. The summed E-state index contributed by atoms with van der Waals surface area (Å²) >= 11 is 0. The van der Waals surface area contributed by atoms with E-state index in [1.165, 1.54) is 93.6 Å². The summed E-state index contributed by atoms with van der Waals surface area (Å²) in [6.07, 6.45) is 30.3. The Hall–Kier alpha value is -9.16. The van der Waals surface area contributed by atoms with Gasteiger partial charge in [-0.3, -0.25) is 0 Å². The Kier molecular flexibility index (Phi) is 15.2. The summed E-state index contributed by atoms with van der Waals surface area (Å²) in [5.41, 5.74) is 19.8. The zero-order valence-corrected chi connectivity index (χ0v) is 44.8. The number of hydrogen-bond acceptors (Lipinski definition) is 1. The molecule has 0 spiro atoms. The van der Waals surface area contributed by atoms with E-state index in [-0.39, 0.29) is 5.41 Å². The number of aromatic nitrogens is 1. The van der Waals surface area contributed by atoms with Crippen molar-refractivity contribution in [1.29, 1.82) is 0 Å². The smallest absolute Gasteiger partial charge is 0.0531 e. The lowest BCUT2D eigenvalue weighted by molar-refractivity contribution is 0.660. The first-order valence-electron chi connectivity index (χ1n) is 26.9. The predicted molar refractivity (Wildman–Crippen MR) is 335 cm³/mol. The average molecular weight is 995 g/mol. The molecular formula is C75H66N2. The van der Waals surface area contributed by atoms with Crippen molar-refractivity contribution >= 4 is 49.5 Å². The SMILES string of the molecule is C#C.C/C=C\C.C=CCC(C=C)Cc1cn(C2=CCC=C(N(c3ccccc3)c3cccc(-c4c5ccccc5c(-c5ccc6c(c5)C(C)(C)c5ccccc5-6)c5ccccc45)c3)C=C2)c2ccc(-c3ccccc3)cc12. The minimum absolute atomic E-state index is 0.0911. The number of allylic oxidation sites excluding steroid dienone is 9. The van der Waals surface area contributed by atoms with E-state index in [0.717, 1.165) is 42.0 Å². The molecule has 0 aliphatic heterocycles. The quantitative estimate of drug-likeness (QED) is 0.0673. The van der Waals surface area contributed by atoms with Crippen LogP contribution < -0.4 is 4.90 Å². The van der Waals surface area contributed by atoms with Crippen molar-refractivity contribution < 1.29 is 0 Å². The van der Waals surface area contributed by atoms with E-state index in [1.807, 2.05) is 32.1 Å². The number of rotatable bonds is 12. The minimum atomic E-state index is -0.0911. The van der Waals surface area contributed by atoms with Gasteiger partial charge in [-0.15, -0.1) is 26.0 Å². The Morgan fingerprint density at radius 2 is 1.12 bits per heavy atom. The number of para-hydroxylation sites is 1. The van der Waals surface area contributed by atoms with E-state index < -0.39 is 0 Å². The molecule has 0 fully saturated rings. The third kappa shape index (κ3) is 9.86. The zero-order valence-electron chi connectivity index (χ0n) is 44.8. The van der Waals surface area contributed by atoms with Crippen LogP contribution in [0, 0.1) is 18.8 Å². The van der Waals surface area contributed by atoms with E-state index in [1.54, 1.807) is 0 Å². The fraction of sp³-hybridized carbons (Fsp3) is 0.120. The molecular weight excluding hydrogens is 929 g/mol. The number of anilines is 2. The standard InChI is InChI=1S/C69H56N2.C4H8.C2H2/c1-5-21-47(6-2)42-52-46-70(66-41-37-49(44-63(52)66)48-22-9-7-10-23-48)53-27-20-28-55(39-38-53)71(54-25-11-8-12-26-54)56-29-19-24-50(43-56)67-59-31-13-15-33-61(59)68(62-34-16-14-32-60(62)67)51-36-40-58-57-30-17-18-35-64(57)69(3,4)65(58)45-51;1-3-4-2;1-2/h5-19,22-41,43-47H,1-2,20-21,42H2,3-4H3;3-4H,1-2H3;1-2H/b;4-3-;. The van der Waals surface area contributed by atoms with Gasteiger partial charge >= 0.3 is 0 Å². The van der Waals surface area contributed by atoms with Crippen LogP contribution in [0.4, 0.5) is 11.4 Å². The molecule has 0 amide bonds. The highest BCUT2D eigenvalue weighted by Crippen LogP contribution is 2.51. The van der Waals surface area contributed by atoms with E-state index in [0.29, 0.717) is 5.92 Å². The normalized spacial score (nSPS) is 13.5. The van der Waals surface area contributed by atoms with Gasteiger partial charge in [0.05, 0.1) is 5.52 Å². The van der Waals surface area contributed by atoms with E-state index in [9.17, 15) is 0 Å². The maximum Gasteiger partial charge on any atom is 0.0531 e. The maximum absolute atomic E-state index is 4.20. The predicted octanol–water partition coefficient (Wildman–Crippen LogP) is 20.5. The molecule has 10 aromatic rings. The van der Waals surface area contributed by atoms with Crippen LogP contribution in [-0.4, -0.2) is 4.57 Å². The molecule has 1 aromatic heterocycles. The molecule has 1 unspecified atom stereocenters. The first-order chi connectivity index (χ1) is 37.8. The van der Waals surface area contributed by atoms with Gasteiger partial charge in [0.15, 0.2) is 0 Å². The Morgan fingerprint density at radius 1 is 0.545 bits per heavy atom. The average Bonchev–Trinajstić information content (AvgIpc) is 3.84. The highest BCUT2D eigenvalue weighted by atomic mass is 15.1. The van der Waals surface area contributed by atoms with Crippen molar-refractivity contribution in [2.75, 3.05) is 4.90 Å². The van der Waals surface area contributed by atoms with Gasteiger partial charge in [0.2, 0.25) is 0 Å². The summed E-state index contributed by atoms with van der Waals surface area (Å²) in [6.45, 7) is 17.0. The summed E-state index contributed by atoms with van der Waals surface area (Å²) in [5.74, 6) is 0.305. The van der Waals surface area contributed by atoms with E-state index >= 15 is 0 Å². The molecule has 9 aromatic carbocycles. The molecule has 2 nitrogen and oxygen atoms in total. The third-order valence-electron chi connectivity index (χ3n) is 15.4. The number of terminal acetylenes is 1. The first-order valence-corrected chi connectivity index (χ1v) is 26.9. The number of fused-ring (bicyclic) bond motifs is 6. The third-order valence-corrected chi connectivity index (χ3v) is 15.4. The van der Waals surface area contributed by atoms with Crippen molar-refractivity contribution in [3.8, 4) is 57.4 Å². The summed E-state index contributed by atoms with van der Waals surface area (Å²) in [7, 11) is 0. The molecule has 2 heteroatoms. The lowest BCUT2D eigenvalue weighted by atomic mass is 9.80. The fourth-order valence-electron chi connectivity index (χ4n) is 11.6. The largest absolute Gasteiger partial charge is 0.317 e. The number of nitrogens with zero attached hydrogens (tertiary/aromatic N) is 2. The summed E-state index contributed by atoms with van der Waals surface area (Å²) in [6, 6.07) is 71.7. The van der Waals surface area contributed by atoms with Crippen LogP contribution in [0.1, 0.15) is 57.2 Å². The molecule has 0 radical (unpaired) electrons. The van der Waals surface area contributed by atoms with E-state index in [2.05, 4.69) is 280 Å². The van der Waals surface area contributed by atoms with Gasteiger partial charge in [0.25, 0.3) is 0 Å². The monoisotopic (exact) mass is 995 g/mol. The summed E-state index contributed by atoms with van der Waals surface area (Å²) < 4.78 is 2.39. The topological polar surface area (TPSA) is 8.17 Å². The highest BCUT2D eigenvalue weighted by Gasteiger charge is 2.35. The van der Waals surface area contributed by atoms with Gasteiger partial charge in [0.1, 0.15) is 0 Å². The second-order valence-electron chi connectivity index (χ2n) is 20.3. The molecule has 0 bridgehead atoms. The Labute approximate surface area is 456 Å². The van der Waals surface area contributed by atoms with Crippen LogP contribution in [0.3, 0.4) is 0 Å². The Bertz CT molecular complexity index is 3880. The number of hydrogen-bond donors (Lipinski definition) is 0. The van der Waals surface area contributed by atoms with Gasteiger partial charge in [0, 0.05) is 39.8 Å². The second-order valence-corrected chi connectivity index (χ2v) is 20.3. The Morgan fingerprint density at radius 3 is 1.77 bits per heavy atom. The molecule has 0 saturated carbocycles. The molecule has 2 aliphatic rings. The van der Waals surface area contributed by atoms with Crippen LogP contribution >= 0.6 is 0 Å². The fourth-order valence-corrected chi connectivity index (χ4v) is 11.6. The minimum Gasteiger partial charge on any atom is -0.317 e. The van der Waals surface area contributed by atoms with Crippen molar-refractivity contribution in [1.82, 2.24) is 4.57 Å². The summed E-state index contributed by atoms with van der Waals surface area (Å²) in [4.78, 5) is 2.41. The van der Waals surface area contributed by atoms with Gasteiger partial charge in [-0.1, -0.05) is 202 Å². The molecule has 0 N–H and O–H groups in total. The van der Waals surface area contributed by atoms with Crippen molar-refractivity contribution in [2.24, 2.45) is 5.92 Å². The van der Waals surface area contributed by atoms with Crippen LogP contribution in [0.25, 0.3) is 82.7 Å². The van der Waals surface area contributed by atoms with Gasteiger partial charge < -0.3 is 9.47 Å². The maximum atomic E-state index is 4.20. The van der Waals surface area contributed by atoms with Crippen LogP contribution in [-0.2, 0) is 11.8 Å². The van der Waals surface area contributed by atoms with Crippen LogP contribution in [0.15, 0.2) is 268 Å². The van der Waals surface area contributed by atoms with Crippen molar-refractivity contribution in [3.05, 3.63) is 284 Å². The molecule has 1 atom stereocenters. The number of benzene rings is 9. The molecule has 0 saturated heterocycles. The molecule has 77 heavy (non-hydrogen) atoms. The van der Waals surface area contributed by atoms with Gasteiger partial charge in [-0.05, 0) is 176 Å². The second kappa shape index (κ2) is 22.8. The van der Waals surface area contributed by atoms with Crippen LogP contribution in [0.2, 0.25) is 0 Å². The first kappa shape index (κ1) is 51.3. The van der Waals surface area contributed by atoms with Gasteiger partial charge in [-0.2, -0.15) is 0 Å². The lowest BCUT2D eigenvalue weighted by Gasteiger charge is -2.27. The molecule has 2 aliphatic carbocycles. The van der Waals surface area contributed by atoms with Crippen LogP contribution in [0.5, 0.6) is 0 Å². The highest BCUT2D eigenvalue weighted by molar-refractivity contribution is 6.21. The Balaban J connectivity index is 0.00000107. The van der Waals surface area contributed by atoms with Crippen molar-refractivity contribution in [3.63, 3.8) is 0 Å². The molecule has 376 valence electrons. The van der Waals surface area contributed by atoms with Crippen molar-refractivity contribution in [2.45, 2.75) is 52.4 Å².